The fourth-order valence-corrected chi connectivity index (χ4v) is 7.89. The molecule has 11 nitrogen and oxygen atoms in total. The van der Waals surface area contributed by atoms with Crippen molar-refractivity contribution in [2.24, 2.45) is 0 Å². The lowest BCUT2D eigenvalue weighted by Crippen LogP contribution is -2.54. The lowest BCUT2D eigenvalue weighted by molar-refractivity contribution is -0.138. The topological polar surface area (TPSA) is 126 Å². The van der Waals surface area contributed by atoms with Gasteiger partial charge in [0.05, 0.1) is 34.9 Å². The molecule has 4 amide bonds. The molecule has 4 aliphatic rings. The van der Waals surface area contributed by atoms with E-state index in [1.165, 1.54) is 17.3 Å². The Hall–Kier alpha value is -5.42. The monoisotopic (exact) mass is 742 g/mol. The predicted octanol–water partition coefficient (Wildman–Crippen LogP) is 5.34. The Labute approximate surface area is 311 Å². The number of piperazine rings is 1. The fraction of sp³-hybridized carbons (Fsp3) is 0.425. The Bertz CT molecular complexity index is 1960. The summed E-state index contributed by atoms with van der Waals surface area (Å²) >= 11 is 0. The predicted molar refractivity (Wildman–Crippen MR) is 193 cm³/mol. The van der Waals surface area contributed by atoms with Crippen LogP contribution in [0.1, 0.15) is 81.8 Å². The van der Waals surface area contributed by atoms with Gasteiger partial charge in [0.25, 0.3) is 11.8 Å². The average Bonchev–Trinajstić information content (AvgIpc) is 3.42. The van der Waals surface area contributed by atoms with E-state index in [2.05, 4.69) is 39.4 Å². The van der Waals surface area contributed by atoms with Gasteiger partial charge in [0, 0.05) is 57.1 Å². The number of nitriles is 1. The summed E-state index contributed by atoms with van der Waals surface area (Å²) in [5.74, 6) is -1.34. The number of piperidine rings is 2. The first-order chi connectivity index (χ1) is 26.0. The highest BCUT2D eigenvalue weighted by molar-refractivity contribution is 6.23. The van der Waals surface area contributed by atoms with Crippen LogP contribution in [-0.4, -0.2) is 91.9 Å². The summed E-state index contributed by atoms with van der Waals surface area (Å²) in [6.07, 6.45) is -0.966. The van der Waals surface area contributed by atoms with E-state index in [-0.39, 0.29) is 29.5 Å². The molecule has 3 aromatic carbocycles. The summed E-state index contributed by atoms with van der Waals surface area (Å²) in [4.78, 5) is 57.5. The van der Waals surface area contributed by atoms with E-state index in [0.717, 1.165) is 69.4 Å². The third-order valence-corrected chi connectivity index (χ3v) is 10.9. The molecule has 0 saturated carbocycles. The number of carbonyl (C=O) groups is 4. The number of unbranched alkanes of at least 4 members (excludes halogenated alkanes) is 1. The molecule has 0 aromatic heterocycles. The summed E-state index contributed by atoms with van der Waals surface area (Å²) < 4.78 is 46.3. The fourth-order valence-electron chi connectivity index (χ4n) is 7.89. The number of hydrogen-bond acceptors (Lipinski definition) is 9. The van der Waals surface area contributed by atoms with Crippen LogP contribution in [0, 0.1) is 11.3 Å². The van der Waals surface area contributed by atoms with Crippen LogP contribution in [0.25, 0.3) is 0 Å². The van der Waals surface area contributed by atoms with Crippen molar-refractivity contribution in [2.75, 3.05) is 62.2 Å². The van der Waals surface area contributed by atoms with Gasteiger partial charge in [-0.1, -0.05) is 12.1 Å². The number of halogens is 3. The number of imide groups is 2. The molecule has 4 aliphatic heterocycles. The van der Waals surface area contributed by atoms with Crippen molar-refractivity contribution in [1.29, 1.82) is 5.26 Å². The van der Waals surface area contributed by atoms with Gasteiger partial charge in [0.15, 0.2) is 0 Å². The molecular weight excluding hydrogens is 701 g/mol. The molecular formula is C40H41F3N6O5. The zero-order valence-electron chi connectivity index (χ0n) is 29.7. The second kappa shape index (κ2) is 15.5. The number of anilines is 2. The van der Waals surface area contributed by atoms with E-state index in [1.807, 2.05) is 4.90 Å². The number of amides is 4. The van der Waals surface area contributed by atoms with Gasteiger partial charge in [-0.15, -0.1) is 0 Å². The lowest BCUT2D eigenvalue weighted by atomic mass is 9.89. The molecule has 14 heteroatoms. The number of benzene rings is 3. The molecule has 7 rings (SSSR count). The Kier molecular flexibility index (Phi) is 10.6. The maximum absolute atomic E-state index is 13.5. The van der Waals surface area contributed by atoms with Gasteiger partial charge in [-0.2, -0.15) is 18.4 Å². The van der Waals surface area contributed by atoms with Crippen molar-refractivity contribution >= 4 is 35.0 Å². The molecule has 0 aliphatic carbocycles. The highest BCUT2D eigenvalue weighted by Gasteiger charge is 2.44. The number of nitrogens with one attached hydrogen (secondary N) is 1. The summed E-state index contributed by atoms with van der Waals surface area (Å²) in [6, 6.07) is 18.0. The van der Waals surface area contributed by atoms with Crippen molar-refractivity contribution in [3.8, 4) is 11.8 Å². The normalized spacial score (nSPS) is 19.9. The molecule has 282 valence electrons. The number of nitrogens with zero attached hydrogens (tertiary/aromatic N) is 5. The average molecular weight is 743 g/mol. The SMILES string of the molecule is N#Cc1ccc(N2CCC(c3ccc(N4CCN(CCCCOc5ccc6c(c5)C(=O)N(C5CCC(=O)NC5=O)C6=O)CC4)cc3)CC2)cc1C(F)(F)F. The van der Waals surface area contributed by atoms with E-state index >= 15 is 0 Å². The van der Waals surface area contributed by atoms with Gasteiger partial charge in [-0.3, -0.25) is 34.3 Å². The molecule has 3 saturated heterocycles. The summed E-state index contributed by atoms with van der Waals surface area (Å²) in [5, 5.41) is 11.3. The van der Waals surface area contributed by atoms with Gasteiger partial charge < -0.3 is 14.5 Å². The minimum absolute atomic E-state index is 0.0686. The Morgan fingerprint density at radius 3 is 2.15 bits per heavy atom. The van der Waals surface area contributed by atoms with Gasteiger partial charge in [0.1, 0.15) is 11.8 Å². The Balaban J connectivity index is 0.816. The van der Waals surface area contributed by atoms with Gasteiger partial charge in [0.2, 0.25) is 11.8 Å². The van der Waals surface area contributed by atoms with Crippen LogP contribution < -0.4 is 19.9 Å². The van der Waals surface area contributed by atoms with Crippen LogP contribution in [0.15, 0.2) is 60.7 Å². The minimum Gasteiger partial charge on any atom is -0.494 e. The molecule has 3 fully saturated rings. The molecule has 0 bridgehead atoms. The highest BCUT2D eigenvalue weighted by atomic mass is 19.4. The van der Waals surface area contributed by atoms with Crippen LogP contribution in [0.4, 0.5) is 24.5 Å². The zero-order chi connectivity index (χ0) is 38.0. The smallest absolute Gasteiger partial charge is 0.417 e. The zero-order valence-corrected chi connectivity index (χ0v) is 29.7. The Morgan fingerprint density at radius 1 is 0.778 bits per heavy atom. The Morgan fingerprint density at radius 2 is 1.46 bits per heavy atom. The molecule has 0 spiro atoms. The molecule has 0 radical (unpaired) electrons. The van der Waals surface area contributed by atoms with E-state index in [4.69, 9.17) is 10.00 Å². The maximum Gasteiger partial charge on any atom is 0.417 e. The molecule has 1 unspecified atom stereocenters. The first-order valence-electron chi connectivity index (χ1n) is 18.4. The van der Waals surface area contributed by atoms with Crippen molar-refractivity contribution < 1.29 is 37.1 Å². The number of rotatable bonds is 10. The first-order valence-corrected chi connectivity index (χ1v) is 18.4. The molecule has 3 aromatic rings. The second-order valence-corrected chi connectivity index (χ2v) is 14.2. The number of ether oxygens (including phenoxy) is 1. The third kappa shape index (κ3) is 7.77. The van der Waals surface area contributed by atoms with Crippen molar-refractivity contribution in [1.82, 2.24) is 15.1 Å². The first kappa shape index (κ1) is 36.9. The highest BCUT2D eigenvalue weighted by Crippen LogP contribution is 2.37. The summed E-state index contributed by atoms with van der Waals surface area (Å²) in [5.41, 5.74) is 2.09. The van der Waals surface area contributed by atoms with Crippen LogP contribution >= 0.6 is 0 Å². The molecule has 1 N–H and O–H groups in total. The van der Waals surface area contributed by atoms with Crippen LogP contribution in [0.3, 0.4) is 0 Å². The minimum atomic E-state index is -4.57. The number of fused-ring (bicyclic) bond motifs is 1. The van der Waals surface area contributed by atoms with E-state index in [0.29, 0.717) is 37.1 Å². The standard InChI is InChI=1S/C40H41F3N6O5/c41-40(42,43)34-23-30(8-5-28(34)25-44)47-16-13-27(14-17-47)26-3-6-29(7-4-26)48-20-18-46(19-21-48)15-1-2-22-54-31-9-10-32-33(24-31)39(53)49(38(32)52)35-11-12-36(50)45-37(35)51/h3-10,23-24,27,35H,1-2,11-22H2,(H,45,50,51). The summed E-state index contributed by atoms with van der Waals surface area (Å²) in [6.45, 7) is 6.40. The molecule has 4 heterocycles. The lowest BCUT2D eigenvalue weighted by Gasteiger charge is -2.36. The van der Waals surface area contributed by atoms with E-state index in [9.17, 15) is 32.3 Å². The summed E-state index contributed by atoms with van der Waals surface area (Å²) in [7, 11) is 0. The number of alkyl halides is 3. The van der Waals surface area contributed by atoms with Crippen LogP contribution in [-0.2, 0) is 15.8 Å². The van der Waals surface area contributed by atoms with Crippen molar-refractivity contribution in [2.45, 2.75) is 56.7 Å². The second-order valence-electron chi connectivity index (χ2n) is 14.2. The van der Waals surface area contributed by atoms with Crippen LogP contribution in [0.5, 0.6) is 5.75 Å². The molecule has 54 heavy (non-hydrogen) atoms. The van der Waals surface area contributed by atoms with Crippen molar-refractivity contribution in [3.63, 3.8) is 0 Å². The largest absolute Gasteiger partial charge is 0.494 e. The molecule has 1 atom stereocenters. The van der Waals surface area contributed by atoms with E-state index < -0.39 is 41.4 Å². The maximum atomic E-state index is 13.5. The van der Waals surface area contributed by atoms with Crippen molar-refractivity contribution in [3.05, 3.63) is 88.5 Å². The van der Waals surface area contributed by atoms with Gasteiger partial charge in [-0.05, 0) is 98.7 Å². The van der Waals surface area contributed by atoms with Crippen LogP contribution in [0.2, 0.25) is 0 Å². The number of hydrogen-bond donors (Lipinski definition) is 1. The number of carbonyl (C=O) groups excluding carboxylic acids is 4. The van der Waals surface area contributed by atoms with Gasteiger partial charge >= 0.3 is 6.18 Å². The quantitative estimate of drug-likeness (QED) is 0.216. The third-order valence-electron chi connectivity index (χ3n) is 10.9. The van der Waals surface area contributed by atoms with Gasteiger partial charge in [-0.25, -0.2) is 0 Å². The van der Waals surface area contributed by atoms with E-state index in [1.54, 1.807) is 30.3 Å².